The van der Waals surface area contributed by atoms with Gasteiger partial charge in [0.1, 0.15) is 5.82 Å². The van der Waals surface area contributed by atoms with E-state index in [1.165, 1.54) is 11.3 Å². The minimum Gasteiger partial charge on any atom is -0.368 e. The molecule has 2 aliphatic rings. The summed E-state index contributed by atoms with van der Waals surface area (Å²) in [6.07, 6.45) is 1.74. The molecule has 2 saturated heterocycles. The highest BCUT2D eigenvalue weighted by Crippen LogP contribution is 2.19. The van der Waals surface area contributed by atoms with E-state index in [4.69, 9.17) is 0 Å². The molecular formula is C22H29N5O. The third-order valence-corrected chi connectivity index (χ3v) is 5.76. The number of anilines is 2. The Hall–Kier alpha value is -2.60. The van der Waals surface area contributed by atoms with Gasteiger partial charge in [-0.3, -0.25) is 4.79 Å². The Labute approximate surface area is 167 Å². The molecule has 6 nitrogen and oxygen atoms in total. The van der Waals surface area contributed by atoms with Gasteiger partial charge < -0.3 is 19.6 Å². The van der Waals surface area contributed by atoms with Crippen molar-refractivity contribution in [3.05, 3.63) is 53.7 Å². The largest absolute Gasteiger partial charge is 0.368 e. The van der Waals surface area contributed by atoms with Crippen molar-refractivity contribution >= 4 is 17.4 Å². The van der Waals surface area contributed by atoms with Crippen molar-refractivity contribution in [1.29, 1.82) is 0 Å². The Balaban J connectivity index is 1.35. The first-order chi connectivity index (χ1) is 13.6. The van der Waals surface area contributed by atoms with Crippen LogP contribution in [0, 0.1) is 6.92 Å². The molecule has 1 aromatic carbocycles. The Kier molecular flexibility index (Phi) is 5.48. The summed E-state index contributed by atoms with van der Waals surface area (Å²) >= 11 is 0. The number of benzene rings is 1. The van der Waals surface area contributed by atoms with Crippen LogP contribution in [0.1, 0.15) is 15.9 Å². The lowest BCUT2D eigenvalue weighted by molar-refractivity contribution is 0.0746. The number of rotatable bonds is 3. The molecule has 0 spiro atoms. The van der Waals surface area contributed by atoms with Crippen LogP contribution in [0.3, 0.4) is 0 Å². The van der Waals surface area contributed by atoms with Crippen LogP contribution in [0.25, 0.3) is 0 Å². The van der Waals surface area contributed by atoms with Gasteiger partial charge in [0.2, 0.25) is 0 Å². The summed E-state index contributed by atoms with van der Waals surface area (Å²) in [6.45, 7) is 9.39. The Morgan fingerprint density at radius 3 is 2.25 bits per heavy atom. The lowest BCUT2D eigenvalue weighted by Gasteiger charge is -2.36. The molecule has 0 atom stereocenters. The molecule has 2 aromatic rings. The molecular weight excluding hydrogens is 350 g/mol. The third kappa shape index (κ3) is 4.12. The van der Waals surface area contributed by atoms with Crippen LogP contribution in [0.15, 0.2) is 42.6 Å². The van der Waals surface area contributed by atoms with Crippen LogP contribution in [-0.4, -0.2) is 80.1 Å². The van der Waals surface area contributed by atoms with Gasteiger partial charge in [-0.25, -0.2) is 4.98 Å². The van der Waals surface area contributed by atoms with Crippen LogP contribution in [0.5, 0.6) is 0 Å². The summed E-state index contributed by atoms with van der Waals surface area (Å²) in [4.78, 5) is 26.3. The average Bonchev–Trinajstić information content (AvgIpc) is 2.74. The van der Waals surface area contributed by atoms with Crippen molar-refractivity contribution in [1.82, 2.24) is 14.8 Å². The number of carbonyl (C=O) groups is 1. The number of aryl methyl sites for hydroxylation is 1. The molecule has 0 aliphatic carbocycles. The summed E-state index contributed by atoms with van der Waals surface area (Å²) in [6, 6.07) is 12.5. The van der Waals surface area contributed by atoms with Gasteiger partial charge in [0.15, 0.2) is 0 Å². The SMILES string of the molecule is Cc1cccc(N2CCN(C(=O)c3ccc(N4CCN(C)CC4)nc3)CC2)c1. The zero-order valence-corrected chi connectivity index (χ0v) is 16.8. The zero-order valence-electron chi connectivity index (χ0n) is 16.8. The molecule has 0 radical (unpaired) electrons. The highest BCUT2D eigenvalue weighted by molar-refractivity contribution is 5.94. The number of carbonyl (C=O) groups excluding carboxylic acids is 1. The van der Waals surface area contributed by atoms with Crippen LogP contribution in [-0.2, 0) is 0 Å². The van der Waals surface area contributed by atoms with E-state index in [1.807, 2.05) is 17.0 Å². The minimum atomic E-state index is 0.0846. The molecule has 2 fully saturated rings. The fourth-order valence-electron chi connectivity index (χ4n) is 3.91. The Morgan fingerprint density at radius 2 is 1.61 bits per heavy atom. The molecule has 0 saturated carbocycles. The molecule has 0 bridgehead atoms. The van der Waals surface area contributed by atoms with Crippen molar-refractivity contribution in [2.24, 2.45) is 0 Å². The molecule has 28 heavy (non-hydrogen) atoms. The lowest BCUT2D eigenvalue weighted by atomic mass is 10.1. The van der Waals surface area contributed by atoms with E-state index < -0.39 is 0 Å². The summed E-state index contributed by atoms with van der Waals surface area (Å²) in [5, 5.41) is 0. The van der Waals surface area contributed by atoms with Gasteiger partial charge in [0.05, 0.1) is 5.56 Å². The molecule has 3 heterocycles. The quantitative estimate of drug-likeness (QED) is 0.817. The maximum absolute atomic E-state index is 12.9. The second-order valence-corrected chi connectivity index (χ2v) is 7.81. The number of nitrogens with zero attached hydrogens (tertiary/aromatic N) is 5. The number of amides is 1. The van der Waals surface area contributed by atoms with Gasteiger partial charge in [-0.1, -0.05) is 12.1 Å². The fraction of sp³-hybridized carbons (Fsp3) is 0.455. The number of hydrogen-bond acceptors (Lipinski definition) is 5. The highest BCUT2D eigenvalue weighted by Gasteiger charge is 2.23. The van der Waals surface area contributed by atoms with Crippen molar-refractivity contribution in [2.45, 2.75) is 6.92 Å². The first-order valence-electron chi connectivity index (χ1n) is 10.1. The fourth-order valence-corrected chi connectivity index (χ4v) is 3.91. The minimum absolute atomic E-state index is 0.0846. The van der Waals surface area contributed by atoms with Crippen molar-refractivity contribution in [3.8, 4) is 0 Å². The van der Waals surface area contributed by atoms with Gasteiger partial charge in [0.25, 0.3) is 5.91 Å². The van der Waals surface area contributed by atoms with Crippen LogP contribution in [0.2, 0.25) is 0 Å². The van der Waals surface area contributed by atoms with E-state index in [0.29, 0.717) is 5.56 Å². The van der Waals surface area contributed by atoms with Gasteiger partial charge in [-0.2, -0.15) is 0 Å². The zero-order chi connectivity index (χ0) is 19.5. The number of piperazine rings is 2. The van der Waals surface area contributed by atoms with Crippen LogP contribution >= 0.6 is 0 Å². The summed E-state index contributed by atoms with van der Waals surface area (Å²) in [5.74, 6) is 1.05. The Morgan fingerprint density at radius 1 is 0.893 bits per heavy atom. The smallest absolute Gasteiger partial charge is 0.255 e. The van der Waals surface area contributed by atoms with Crippen molar-refractivity contribution < 1.29 is 4.79 Å². The summed E-state index contributed by atoms with van der Waals surface area (Å²) in [7, 11) is 2.14. The molecule has 4 rings (SSSR count). The first-order valence-corrected chi connectivity index (χ1v) is 10.1. The molecule has 148 valence electrons. The first kappa shape index (κ1) is 18.7. The van der Waals surface area contributed by atoms with Crippen molar-refractivity contribution in [3.63, 3.8) is 0 Å². The van der Waals surface area contributed by atoms with E-state index in [-0.39, 0.29) is 5.91 Å². The van der Waals surface area contributed by atoms with E-state index >= 15 is 0 Å². The van der Waals surface area contributed by atoms with E-state index in [1.54, 1.807) is 6.20 Å². The normalized spacial score (nSPS) is 18.4. The number of aromatic nitrogens is 1. The van der Waals surface area contributed by atoms with E-state index in [9.17, 15) is 4.79 Å². The van der Waals surface area contributed by atoms with Crippen LogP contribution < -0.4 is 9.80 Å². The summed E-state index contributed by atoms with van der Waals surface area (Å²) in [5.41, 5.74) is 3.19. The van der Waals surface area contributed by atoms with E-state index in [0.717, 1.165) is 58.2 Å². The number of likely N-dealkylation sites (N-methyl/N-ethyl adjacent to an activating group) is 1. The third-order valence-electron chi connectivity index (χ3n) is 5.76. The van der Waals surface area contributed by atoms with E-state index in [2.05, 4.69) is 57.9 Å². The van der Waals surface area contributed by atoms with Crippen molar-refractivity contribution in [2.75, 3.05) is 69.2 Å². The lowest BCUT2D eigenvalue weighted by Crippen LogP contribution is -2.48. The predicted octanol–water partition coefficient (Wildman–Crippen LogP) is 2.10. The highest BCUT2D eigenvalue weighted by atomic mass is 16.2. The monoisotopic (exact) mass is 379 g/mol. The maximum Gasteiger partial charge on any atom is 0.255 e. The average molecular weight is 380 g/mol. The number of hydrogen-bond donors (Lipinski definition) is 0. The molecule has 2 aliphatic heterocycles. The Bertz CT molecular complexity index is 806. The maximum atomic E-state index is 12.9. The topological polar surface area (TPSA) is 42.9 Å². The second-order valence-electron chi connectivity index (χ2n) is 7.81. The van der Waals surface area contributed by atoms with Gasteiger partial charge in [-0.15, -0.1) is 0 Å². The molecule has 0 N–H and O–H groups in total. The molecule has 6 heteroatoms. The van der Waals surface area contributed by atoms with Gasteiger partial charge in [0, 0.05) is 64.2 Å². The summed E-state index contributed by atoms with van der Waals surface area (Å²) < 4.78 is 0. The van der Waals surface area contributed by atoms with Gasteiger partial charge in [-0.05, 0) is 43.8 Å². The second kappa shape index (κ2) is 8.19. The molecule has 1 aromatic heterocycles. The van der Waals surface area contributed by atoms with Crippen LogP contribution in [0.4, 0.5) is 11.5 Å². The molecule has 1 amide bonds. The standard InChI is InChI=1S/C22H29N5O/c1-18-4-3-5-20(16-18)25-12-14-27(15-13-25)22(28)19-6-7-21(23-17-19)26-10-8-24(2)9-11-26/h3-7,16-17H,8-15H2,1-2H3. The van der Waals surface area contributed by atoms with Gasteiger partial charge >= 0.3 is 0 Å². The number of pyridine rings is 1. The predicted molar refractivity (Wildman–Crippen MR) is 113 cm³/mol. The molecule has 0 unspecified atom stereocenters.